The van der Waals surface area contributed by atoms with Crippen molar-refractivity contribution in [2.24, 2.45) is 0 Å². The summed E-state index contributed by atoms with van der Waals surface area (Å²) in [4.78, 5) is 11.6. The Hall–Kier alpha value is -2.00. The summed E-state index contributed by atoms with van der Waals surface area (Å²) in [6.07, 6.45) is 1.44. The first-order chi connectivity index (χ1) is 11.1. The minimum Gasteiger partial charge on any atom is -0.410 e. The van der Waals surface area contributed by atoms with E-state index in [-0.39, 0.29) is 5.92 Å². The molecule has 1 atom stereocenters. The van der Waals surface area contributed by atoms with Crippen molar-refractivity contribution in [3.8, 4) is 5.75 Å². The van der Waals surface area contributed by atoms with Crippen LogP contribution in [0.4, 0.5) is 4.79 Å². The van der Waals surface area contributed by atoms with Crippen molar-refractivity contribution in [2.75, 3.05) is 6.54 Å². The van der Waals surface area contributed by atoms with Gasteiger partial charge in [-0.05, 0) is 48.2 Å². The summed E-state index contributed by atoms with van der Waals surface area (Å²) in [5, 5.41) is 3.43. The third-order valence-corrected chi connectivity index (χ3v) is 3.91. The Morgan fingerprint density at radius 1 is 1.13 bits per heavy atom. The number of nitrogens with one attached hydrogen (secondary N) is 1. The molecule has 0 fully saturated rings. The second-order valence-electron chi connectivity index (χ2n) is 5.40. The van der Waals surface area contributed by atoms with Crippen molar-refractivity contribution >= 4 is 17.7 Å². The van der Waals surface area contributed by atoms with Crippen molar-refractivity contribution in [3.05, 3.63) is 64.7 Å². The summed E-state index contributed by atoms with van der Waals surface area (Å²) in [6.45, 7) is 4.76. The fourth-order valence-corrected chi connectivity index (χ4v) is 2.72. The van der Waals surface area contributed by atoms with Gasteiger partial charge in [0.2, 0.25) is 0 Å². The Labute approximate surface area is 142 Å². The Morgan fingerprint density at radius 3 is 2.48 bits per heavy atom. The standard InChI is InChI=1S/C19H22ClNO2/c1-3-12-21-19(22)23-17-10-8-14(9-11-17)18(4-2)15-6-5-7-16(20)13-15/h5-11,13,18H,3-4,12H2,1-2H3,(H,21,22). The molecule has 1 unspecified atom stereocenters. The Morgan fingerprint density at radius 2 is 1.87 bits per heavy atom. The van der Waals surface area contributed by atoms with Gasteiger partial charge in [-0.3, -0.25) is 0 Å². The quantitative estimate of drug-likeness (QED) is 0.771. The number of hydrogen-bond donors (Lipinski definition) is 1. The topological polar surface area (TPSA) is 38.3 Å². The van der Waals surface area contributed by atoms with Gasteiger partial charge in [-0.2, -0.15) is 0 Å². The number of rotatable bonds is 6. The van der Waals surface area contributed by atoms with Crippen LogP contribution in [-0.2, 0) is 0 Å². The summed E-state index contributed by atoms with van der Waals surface area (Å²) in [5.41, 5.74) is 2.37. The molecule has 0 saturated heterocycles. The first-order valence-electron chi connectivity index (χ1n) is 7.95. The van der Waals surface area contributed by atoms with E-state index in [0.29, 0.717) is 12.3 Å². The van der Waals surface area contributed by atoms with E-state index in [4.69, 9.17) is 16.3 Å². The van der Waals surface area contributed by atoms with Crippen LogP contribution < -0.4 is 10.1 Å². The summed E-state index contributed by atoms with van der Waals surface area (Å²) >= 11 is 6.09. The van der Waals surface area contributed by atoms with Gasteiger partial charge in [-0.25, -0.2) is 4.79 Å². The van der Waals surface area contributed by atoms with E-state index in [1.807, 2.05) is 49.4 Å². The zero-order valence-electron chi connectivity index (χ0n) is 13.5. The molecule has 2 aromatic rings. The first-order valence-corrected chi connectivity index (χ1v) is 8.33. The second-order valence-corrected chi connectivity index (χ2v) is 5.84. The Bertz CT molecular complexity index is 640. The van der Waals surface area contributed by atoms with Gasteiger partial charge in [0.05, 0.1) is 0 Å². The fraction of sp³-hybridized carbons (Fsp3) is 0.316. The minimum absolute atomic E-state index is 0.275. The van der Waals surface area contributed by atoms with E-state index in [2.05, 4.69) is 18.3 Å². The normalized spacial score (nSPS) is 11.8. The average molecular weight is 332 g/mol. The molecule has 0 radical (unpaired) electrons. The molecule has 4 heteroatoms. The van der Waals surface area contributed by atoms with E-state index in [9.17, 15) is 4.79 Å². The highest BCUT2D eigenvalue weighted by Gasteiger charge is 2.13. The van der Waals surface area contributed by atoms with E-state index in [1.165, 1.54) is 11.1 Å². The van der Waals surface area contributed by atoms with Crippen molar-refractivity contribution in [3.63, 3.8) is 0 Å². The molecule has 23 heavy (non-hydrogen) atoms. The second kappa shape index (κ2) is 8.59. The van der Waals surface area contributed by atoms with Crippen molar-refractivity contribution in [1.82, 2.24) is 5.32 Å². The van der Waals surface area contributed by atoms with Crippen LogP contribution in [0.2, 0.25) is 5.02 Å². The van der Waals surface area contributed by atoms with Gasteiger partial charge in [0.1, 0.15) is 5.75 Å². The van der Waals surface area contributed by atoms with Gasteiger partial charge in [-0.1, -0.05) is 49.7 Å². The predicted molar refractivity (Wildman–Crippen MR) is 94.3 cm³/mol. The van der Waals surface area contributed by atoms with Crippen LogP contribution in [0.3, 0.4) is 0 Å². The number of carbonyl (C=O) groups is 1. The highest BCUT2D eigenvalue weighted by Crippen LogP contribution is 2.30. The van der Waals surface area contributed by atoms with Gasteiger partial charge < -0.3 is 10.1 Å². The number of halogens is 1. The Balaban J connectivity index is 2.09. The summed E-state index contributed by atoms with van der Waals surface area (Å²) in [6, 6.07) is 15.6. The van der Waals surface area contributed by atoms with Crippen LogP contribution in [-0.4, -0.2) is 12.6 Å². The zero-order valence-corrected chi connectivity index (χ0v) is 14.3. The lowest BCUT2D eigenvalue weighted by molar-refractivity contribution is 0.200. The maximum atomic E-state index is 11.6. The molecule has 0 saturated carbocycles. The van der Waals surface area contributed by atoms with Gasteiger partial charge in [-0.15, -0.1) is 0 Å². The molecule has 122 valence electrons. The van der Waals surface area contributed by atoms with Gasteiger partial charge in [0.15, 0.2) is 0 Å². The largest absolute Gasteiger partial charge is 0.412 e. The van der Waals surface area contributed by atoms with E-state index in [0.717, 1.165) is 17.9 Å². The molecule has 2 aromatic carbocycles. The van der Waals surface area contributed by atoms with E-state index in [1.54, 1.807) is 0 Å². The number of ether oxygens (including phenoxy) is 1. The summed E-state index contributed by atoms with van der Waals surface area (Å²) in [7, 11) is 0. The monoisotopic (exact) mass is 331 g/mol. The number of carbonyl (C=O) groups excluding carboxylic acids is 1. The lowest BCUT2D eigenvalue weighted by Gasteiger charge is -2.16. The third kappa shape index (κ3) is 5.00. The van der Waals surface area contributed by atoms with Gasteiger partial charge in [0.25, 0.3) is 0 Å². The number of amides is 1. The average Bonchev–Trinajstić information content (AvgIpc) is 2.55. The van der Waals surface area contributed by atoms with Crippen LogP contribution in [0.5, 0.6) is 5.75 Å². The minimum atomic E-state index is -0.415. The maximum Gasteiger partial charge on any atom is 0.412 e. The smallest absolute Gasteiger partial charge is 0.410 e. The van der Waals surface area contributed by atoms with Crippen molar-refractivity contribution in [1.29, 1.82) is 0 Å². The molecule has 0 aliphatic carbocycles. The van der Waals surface area contributed by atoms with Gasteiger partial charge in [0, 0.05) is 17.5 Å². The molecule has 1 N–H and O–H groups in total. The van der Waals surface area contributed by atoms with Gasteiger partial charge >= 0.3 is 6.09 Å². The van der Waals surface area contributed by atoms with E-state index >= 15 is 0 Å². The highest BCUT2D eigenvalue weighted by atomic mass is 35.5. The van der Waals surface area contributed by atoms with Crippen LogP contribution in [0.25, 0.3) is 0 Å². The van der Waals surface area contributed by atoms with Crippen LogP contribution in [0.15, 0.2) is 48.5 Å². The lowest BCUT2D eigenvalue weighted by Crippen LogP contribution is -2.27. The molecule has 0 heterocycles. The summed E-state index contributed by atoms with van der Waals surface area (Å²) in [5.74, 6) is 0.819. The zero-order chi connectivity index (χ0) is 16.7. The molecule has 0 aliphatic heterocycles. The SMILES string of the molecule is CCCNC(=O)Oc1ccc(C(CC)c2cccc(Cl)c2)cc1. The Kier molecular flexibility index (Phi) is 6.48. The van der Waals surface area contributed by atoms with Crippen LogP contribution in [0.1, 0.15) is 43.7 Å². The molecule has 0 aliphatic rings. The van der Waals surface area contributed by atoms with Crippen LogP contribution in [0, 0.1) is 0 Å². The van der Waals surface area contributed by atoms with Crippen LogP contribution >= 0.6 is 11.6 Å². The number of benzene rings is 2. The van der Waals surface area contributed by atoms with E-state index < -0.39 is 6.09 Å². The van der Waals surface area contributed by atoms with Crippen molar-refractivity contribution < 1.29 is 9.53 Å². The molecule has 2 rings (SSSR count). The third-order valence-electron chi connectivity index (χ3n) is 3.67. The van der Waals surface area contributed by atoms with Crippen molar-refractivity contribution in [2.45, 2.75) is 32.6 Å². The molecule has 0 aromatic heterocycles. The molecular weight excluding hydrogens is 310 g/mol. The highest BCUT2D eigenvalue weighted by molar-refractivity contribution is 6.30. The fourth-order valence-electron chi connectivity index (χ4n) is 2.53. The molecular formula is C19H22ClNO2. The molecule has 3 nitrogen and oxygen atoms in total. The number of hydrogen-bond acceptors (Lipinski definition) is 2. The molecule has 0 bridgehead atoms. The first kappa shape index (κ1) is 17.4. The summed E-state index contributed by atoms with van der Waals surface area (Å²) < 4.78 is 5.24. The lowest BCUT2D eigenvalue weighted by atomic mass is 9.89. The maximum absolute atomic E-state index is 11.6. The predicted octanol–water partition coefficient (Wildman–Crippen LogP) is 5.38. The molecule has 0 spiro atoms. The molecule has 1 amide bonds.